The van der Waals surface area contributed by atoms with Crippen LogP contribution in [0.3, 0.4) is 0 Å². The number of para-hydroxylation sites is 1. The van der Waals surface area contributed by atoms with Gasteiger partial charge in [0.25, 0.3) is 5.91 Å². The van der Waals surface area contributed by atoms with Crippen LogP contribution in [0.5, 0.6) is 5.75 Å². The summed E-state index contributed by atoms with van der Waals surface area (Å²) < 4.78 is 44.6. The number of aromatic nitrogens is 2. The zero-order chi connectivity index (χ0) is 24.5. The maximum absolute atomic E-state index is 13.3. The maximum atomic E-state index is 13.3. The predicted octanol–water partition coefficient (Wildman–Crippen LogP) is 3.85. The molecule has 7 nitrogen and oxygen atoms in total. The monoisotopic (exact) mass is 485 g/mol. The first-order valence-corrected chi connectivity index (χ1v) is 12.9. The summed E-state index contributed by atoms with van der Waals surface area (Å²) in [5, 5.41) is 4.59. The van der Waals surface area contributed by atoms with E-state index >= 15 is 0 Å². The molecule has 0 saturated carbocycles. The Morgan fingerprint density at radius 2 is 1.88 bits per heavy atom. The number of amides is 1. The van der Waals surface area contributed by atoms with Crippen molar-refractivity contribution in [3.8, 4) is 5.75 Å². The number of nitrogens with zero attached hydrogens (tertiary/aromatic N) is 3. The molecule has 0 bridgehead atoms. The molecule has 0 aliphatic carbocycles. The number of hydrogen-bond acceptors (Lipinski definition) is 5. The van der Waals surface area contributed by atoms with Crippen molar-refractivity contribution < 1.29 is 22.3 Å². The first kappa shape index (κ1) is 23.9. The third kappa shape index (κ3) is 5.14. The molecule has 180 valence electrons. The number of ether oxygens (including phenoxy) is 1. The quantitative estimate of drug-likeness (QED) is 0.508. The molecule has 2 aromatic carbocycles. The van der Waals surface area contributed by atoms with Gasteiger partial charge in [-0.05, 0) is 50.1 Å². The van der Waals surface area contributed by atoms with Crippen molar-refractivity contribution in [2.24, 2.45) is 0 Å². The Hall–Kier alpha value is -3.20. The van der Waals surface area contributed by atoms with Crippen molar-refractivity contribution in [2.75, 3.05) is 18.6 Å². The average Bonchev–Trinajstić information content (AvgIpc) is 3.31. The molecule has 9 heteroatoms. The van der Waals surface area contributed by atoms with Crippen molar-refractivity contribution in [1.29, 1.82) is 0 Å². The Bertz CT molecular complexity index is 1300. The van der Waals surface area contributed by atoms with Gasteiger partial charge in [0, 0.05) is 24.8 Å². The maximum Gasteiger partial charge on any atom is 0.257 e. The van der Waals surface area contributed by atoms with E-state index in [9.17, 15) is 17.6 Å². The third-order valence-electron chi connectivity index (χ3n) is 6.20. The molecule has 1 amide bonds. The molecule has 0 N–H and O–H groups in total. The van der Waals surface area contributed by atoms with Gasteiger partial charge < -0.3 is 9.64 Å². The number of halogens is 1. The Morgan fingerprint density at radius 1 is 1.18 bits per heavy atom. The topological polar surface area (TPSA) is 81.5 Å². The van der Waals surface area contributed by atoms with Crippen molar-refractivity contribution in [2.45, 2.75) is 39.5 Å². The first-order chi connectivity index (χ1) is 16.1. The number of rotatable bonds is 7. The molecule has 34 heavy (non-hydrogen) atoms. The highest BCUT2D eigenvalue weighted by Gasteiger charge is 2.31. The average molecular weight is 486 g/mol. The molecule has 1 atom stereocenters. The molecular formula is C25H28FN3O4S. The fourth-order valence-corrected chi connectivity index (χ4v) is 5.97. The van der Waals surface area contributed by atoms with Crippen LogP contribution in [0, 0.1) is 19.7 Å². The van der Waals surface area contributed by atoms with Gasteiger partial charge >= 0.3 is 0 Å². The third-order valence-corrected chi connectivity index (χ3v) is 7.95. The van der Waals surface area contributed by atoms with Crippen LogP contribution >= 0.6 is 0 Å². The van der Waals surface area contributed by atoms with Gasteiger partial charge in [0.05, 0.1) is 28.8 Å². The Balaban J connectivity index is 1.49. The molecule has 2 heterocycles. The fraction of sp³-hybridized carbons (Fsp3) is 0.360. The van der Waals surface area contributed by atoms with Gasteiger partial charge in [0.1, 0.15) is 18.2 Å². The van der Waals surface area contributed by atoms with E-state index in [1.807, 2.05) is 13.8 Å². The van der Waals surface area contributed by atoms with Crippen LogP contribution in [0.1, 0.15) is 45.3 Å². The molecule has 1 aromatic heterocycles. The Morgan fingerprint density at radius 3 is 2.56 bits per heavy atom. The summed E-state index contributed by atoms with van der Waals surface area (Å²) >= 11 is 0. The molecule has 0 unspecified atom stereocenters. The first-order valence-electron chi connectivity index (χ1n) is 11.1. The standard InChI is InChI=1S/C25H28FN3O4S/c1-17-23(18(2)29(27-17)21-12-13-34(31,32)16-21)14-28(3)25(30)22-6-4-5-7-24(22)33-15-19-8-10-20(26)11-9-19/h4-11,21H,12-16H2,1-3H3/t21-/m1/s1. The summed E-state index contributed by atoms with van der Waals surface area (Å²) in [6, 6.07) is 12.9. The number of sulfone groups is 1. The van der Waals surface area contributed by atoms with Gasteiger partial charge in [0.2, 0.25) is 0 Å². The molecule has 3 aromatic rings. The van der Waals surface area contributed by atoms with Crippen LogP contribution in [0.4, 0.5) is 4.39 Å². The second-order valence-electron chi connectivity index (χ2n) is 8.72. The van der Waals surface area contributed by atoms with E-state index in [0.717, 1.165) is 22.5 Å². The van der Waals surface area contributed by atoms with Gasteiger partial charge in [-0.3, -0.25) is 9.48 Å². The second-order valence-corrected chi connectivity index (χ2v) is 11.0. The minimum Gasteiger partial charge on any atom is -0.488 e. The lowest BCUT2D eigenvalue weighted by Crippen LogP contribution is -2.27. The molecular weight excluding hydrogens is 457 g/mol. The van der Waals surface area contributed by atoms with Gasteiger partial charge in [-0.15, -0.1) is 0 Å². The van der Waals surface area contributed by atoms with Crippen LogP contribution in [-0.2, 0) is 23.0 Å². The molecule has 1 fully saturated rings. The van der Waals surface area contributed by atoms with Crippen LogP contribution in [-0.4, -0.2) is 47.6 Å². The SMILES string of the molecule is Cc1nn([C@@H]2CCS(=O)(=O)C2)c(C)c1CN(C)C(=O)c1ccccc1OCc1ccc(F)cc1. The number of hydrogen-bond donors (Lipinski definition) is 0. The molecule has 1 aliphatic rings. The van der Waals surface area contributed by atoms with Crippen LogP contribution in [0.2, 0.25) is 0 Å². The van der Waals surface area contributed by atoms with Crippen molar-refractivity contribution in [3.05, 3.63) is 82.4 Å². The Kier molecular flexibility index (Phi) is 6.74. The summed E-state index contributed by atoms with van der Waals surface area (Å²) in [6.07, 6.45) is 0.553. The van der Waals surface area contributed by atoms with Crippen LogP contribution < -0.4 is 4.74 Å². The highest BCUT2D eigenvalue weighted by molar-refractivity contribution is 7.91. The molecule has 1 aliphatic heterocycles. The van der Waals surface area contributed by atoms with Crippen molar-refractivity contribution in [3.63, 3.8) is 0 Å². The Labute approximate surface area is 199 Å². The van der Waals surface area contributed by atoms with Gasteiger partial charge in [0.15, 0.2) is 9.84 Å². The molecule has 0 spiro atoms. The largest absolute Gasteiger partial charge is 0.488 e. The zero-order valence-corrected chi connectivity index (χ0v) is 20.3. The number of carbonyl (C=O) groups is 1. The van der Waals surface area contributed by atoms with Crippen LogP contribution in [0.25, 0.3) is 0 Å². The summed E-state index contributed by atoms with van der Waals surface area (Å²) in [7, 11) is -1.31. The minimum atomic E-state index is -3.03. The molecule has 0 radical (unpaired) electrons. The normalized spacial score (nSPS) is 17.0. The summed E-state index contributed by atoms with van der Waals surface area (Å²) in [6.45, 7) is 4.34. The van der Waals surface area contributed by atoms with Gasteiger partial charge in [-0.2, -0.15) is 5.10 Å². The second kappa shape index (κ2) is 9.58. The molecule has 4 rings (SSSR count). The summed E-state index contributed by atoms with van der Waals surface area (Å²) in [5.41, 5.74) is 3.79. The summed E-state index contributed by atoms with van der Waals surface area (Å²) in [4.78, 5) is 14.9. The van der Waals surface area contributed by atoms with E-state index < -0.39 is 9.84 Å². The lowest BCUT2D eigenvalue weighted by Gasteiger charge is -2.20. The van der Waals surface area contributed by atoms with E-state index in [-0.39, 0.29) is 35.9 Å². The van der Waals surface area contributed by atoms with E-state index in [2.05, 4.69) is 5.10 Å². The lowest BCUT2D eigenvalue weighted by atomic mass is 10.1. The number of benzene rings is 2. The van der Waals surface area contributed by atoms with Crippen molar-refractivity contribution >= 4 is 15.7 Å². The molecule has 1 saturated heterocycles. The smallest absolute Gasteiger partial charge is 0.257 e. The van der Waals surface area contributed by atoms with E-state index in [0.29, 0.717) is 24.3 Å². The van der Waals surface area contributed by atoms with Gasteiger partial charge in [-0.1, -0.05) is 24.3 Å². The number of aryl methyl sites for hydroxylation is 1. The number of carbonyl (C=O) groups excluding carboxylic acids is 1. The van der Waals surface area contributed by atoms with E-state index in [4.69, 9.17) is 4.74 Å². The van der Waals surface area contributed by atoms with E-state index in [1.54, 1.807) is 53.0 Å². The summed E-state index contributed by atoms with van der Waals surface area (Å²) in [5.74, 6) is 0.207. The zero-order valence-electron chi connectivity index (χ0n) is 19.5. The van der Waals surface area contributed by atoms with Gasteiger partial charge in [-0.25, -0.2) is 12.8 Å². The fourth-order valence-electron chi connectivity index (χ4n) is 4.28. The van der Waals surface area contributed by atoms with Crippen LogP contribution in [0.15, 0.2) is 48.5 Å². The minimum absolute atomic E-state index is 0.0991. The predicted molar refractivity (Wildman–Crippen MR) is 127 cm³/mol. The van der Waals surface area contributed by atoms with E-state index in [1.165, 1.54) is 12.1 Å². The highest BCUT2D eigenvalue weighted by atomic mass is 32.2. The lowest BCUT2D eigenvalue weighted by molar-refractivity contribution is 0.0779. The highest BCUT2D eigenvalue weighted by Crippen LogP contribution is 2.28. The van der Waals surface area contributed by atoms with Crippen molar-refractivity contribution in [1.82, 2.24) is 14.7 Å².